The summed E-state index contributed by atoms with van der Waals surface area (Å²) in [6.07, 6.45) is -4.53. The summed E-state index contributed by atoms with van der Waals surface area (Å²) in [5, 5.41) is 0.00560. The number of Topliss-reactive ketones (excluding diaryl/α,β-unsaturated/α-hetero) is 1. The molecule has 0 bridgehead atoms. The molecule has 1 fully saturated rings. The van der Waals surface area contributed by atoms with Crippen molar-refractivity contribution in [3.63, 3.8) is 0 Å². The van der Waals surface area contributed by atoms with E-state index in [0.717, 1.165) is 23.1 Å². The summed E-state index contributed by atoms with van der Waals surface area (Å²) < 4.78 is 37.6. The minimum atomic E-state index is -4.52. The van der Waals surface area contributed by atoms with Gasteiger partial charge in [0.25, 0.3) is 5.91 Å². The Balaban J connectivity index is 2.45. The predicted molar refractivity (Wildman–Crippen MR) is 58.4 cm³/mol. The third-order valence-electron chi connectivity index (χ3n) is 2.61. The number of alkyl halides is 3. The van der Waals surface area contributed by atoms with Crippen LogP contribution >= 0.6 is 11.6 Å². The summed E-state index contributed by atoms with van der Waals surface area (Å²) in [7, 11) is 0. The molecule has 1 saturated heterocycles. The lowest BCUT2D eigenvalue weighted by Gasteiger charge is -2.18. The zero-order valence-electron chi connectivity index (χ0n) is 8.92. The number of nitrogens with zero attached hydrogens (tertiary/aromatic N) is 1. The molecule has 18 heavy (non-hydrogen) atoms. The van der Waals surface area contributed by atoms with Gasteiger partial charge in [0.15, 0.2) is 0 Å². The standard InChI is InChI=1S/C11H7ClF3NO2/c12-7-2-1-6(11(13,14)15)5-8(7)16-4-3-9(17)10(16)18/h1-2,5H,3-4H2. The zero-order chi connectivity index (χ0) is 13.5. The maximum Gasteiger partial charge on any atom is 0.416 e. The van der Waals surface area contributed by atoms with Crippen molar-refractivity contribution in [2.75, 3.05) is 11.4 Å². The number of hydrogen-bond donors (Lipinski definition) is 0. The Morgan fingerprint density at radius 1 is 1.22 bits per heavy atom. The number of benzene rings is 1. The van der Waals surface area contributed by atoms with Gasteiger partial charge in [-0.25, -0.2) is 0 Å². The quantitative estimate of drug-likeness (QED) is 0.740. The molecule has 3 nitrogen and oxygen atoms in total. The van der Waals surface area contributed by atoms with Gasteiger partial charge in [-0.1, -0.05) is 11.6 Å². The molecule has 0 radical (unpaired) electrons. The van der Waals surface area contributed by atoms with Crippen LogP contribution in [0.4, 0.5) is 18.9 Å². The van der Waals surface area contributed by atoms with E-state index >= 15 is 0 Å². The SMILES string of the molecule is O=C1CCN(c2cc(C(F)(F)F)ccc2Cl)C1=O. The Morgan fingerprint density at radius 2 is 1.89 bits per heavy atom. The first kappa shape index (κ1) is 12.9. The van der Waals surface area contributed by atoms with E-state index in [4.69, 9.17) is 11.6 Å². The Kier molecular flexibility index (Phi) is 3.06. The molecule has 0 aliphatic carbocycles. The van der Waals surface area contributed by atoms with Crippen molar-refractivity contribution in [1.29, 1.82) is 0 Å². The second-order valence-electron chi connectivity index (χ2n) is 3.79. The predicted octanol–water partition coefficient (Wildman–Crippen LogP) is 2.66. The topological polar surface area (TPSA) is 37.4 Å². The van der Waals surface area contributed by atoms with Crippen molar-refractivity contribution in [3.8, 4) is 0 Å². The minimum Gasteiger partial charge on any atom is -0.304 e. The average Bonchev–Trinajstić information content (AvgIpc) is 2.59. The number of hydrogen-bond acceptors (Lipinski definition) is 2. The number of anilines is 1. The van der Waals surface area contributed by atoms with E-state index in [9.17, 15) is 22.8 Å². The number of ketones is 1. The Labute approximate surface area is 105 Å². The molecule has 0 N–H and O–H groups in total. The molecule has 0 spiro atoms. The fourth-order valence-electron chi connectivity index (χ4n) is 1.70. The van der Waals surface area contributed by atoms with E-state index in [1.165, 1.54) is 0 Å². The lowest BCUT2D eigenvalue weighted by atomic mass is 10.2. The summed E-state index contributed by atoms with van der Waals surface area (Å²) in [6, 6.07) is 2.67. The van der Waals surface area contributed by atoms with Gasteiger partial charge >= 0.3 is 6.18 Å². The fourth-order valence-corrected chi connectivity index (χ4v) is 1.92. The molecule has 2 rings (SSSR count). The van der Waals surface area contributed by atoms with Crippen LogP contribution in [0.2, 0.25) is 5.02 Å². The van der Waals surface area contributed by atoms with Crippen LogP contribution in [0, 0.1) is 0 Å². The first-order valence-electron chi connectivity index (χ1n) is 5.02. The number of amides is 1. The van der Waals surface area contributed by atoms with Gasteiger partial charge in [0.05, 0.1) is 16.3 Å². The van der Waals surface area contributed by atoms with E-state index in [-0.39, 0.29) is 23.7 Å². The van der Waals surface area contributed by atoms with Crippen LogP contribution in [0.1, 0.15) is 12.0 Å². The van der Waals surface area contributed by atoms with Crippen LogP contribution in [-0.2, 0) is 15.8 Å². The third-order valence-corrected chi connectivity index (χ3v) is 2.93. The van der Waals surface area contributed by atoms with E-state index in [1.807, 2.05) is 0 Å². The summed E-state index contributed by atoms with van der Waals surface area (Å²) in [5.74, 6) is -1.44. The van der Waals surface area contributed by atoms with E-state index in [2.05, 4.69) is 0 Å². The van der Waals surface area contributed by atoms with E-state index in [0.29, 0.717) is 0 Å². The number of carbonyl (C=O) groups is 2. The summed E-state index contributed by atoms with van der Waals surface area (Å²) >= 11 is 5.77. The highest BCUT2D eigenvalue weighted by Gasteiger charge is 2.35. The number of halogens is 4. The Bertz CT molecular complexity index is 528. The van der Waals surface area contributed by atoms with Crippen molar-refractivity contribution < 1.29 is 22.8 Å². The molecule has 0 saturated carbocycles. The van der Waals surface area contributed by atoms with Crippen LogP contribution in [-0.4, -0.2) is 18.2 Å². The van der Waals surface area contributed by atoms with Crippen molar-refractivity contribution in [2.24, 2.45) is 0 Å². The summed E-state index contributed by atoms with van der Waals surface area (Å²) in [6.45, 7) is 0.0543. The van der Waals surface area contributed by atoms with Crippen LogP contribution in [0.3, 0.4) is 0 Å². The molecule has 7 heteroatoms. The normalized spacial score (nSPS) is 16.6. The Hall–Kier alpha value is -1.56. The largest absolute Gasteiger partial charge is 0.416 e. The number of rotatable bonds is 1. The maximum absolute atomic E-state index is 12.5. The lowest BCUT2D eigenvalue weighted by molar-refractivity contribution is -0.137. The minimum absolute atomic E-state index is 0.00560. The summed E-state index contributed by atoms with van der Waals surface area (Å²) in [5.41, 5.74) is -0.989. The van der Waals surface area contributed by atoms with Crippen molar-refractivity contribution in [3.05, 3.63) is 28.8 Å². The number of carbonyl (C=O) groups excluding carboxylic acids is 2. The van der Waals surface area contributed by atoms with Crippen molar-refractivity contribution >= 4 is 29.0 Å². The lowest BCUT2D eigenvalue weighted by Crippen LogP contribution is -2.27. The molecule has 1 heterocycles. The van der Waals surface area contributed by atoms with Crippen LogP contribution in [0.15, 0.2) is 18.2 Å². The second-order valence-corrected chi connectivity index (χ2v) is 4.20. The highest BCUT2D eigenvalue weighted by Crippen LogP contribution is 2.36. The molecular formula is C11H7ClF3NO2. The van der Waals surface area contributed by atoms with Gasteiger partial charge in [-0.2, -0.15) is 13.2 Å². The molecule has 1 amide bonds. The molecule has 1 aromatic carbocycles. The third kappa shape index (κ3) is 2.20. The zero-order valence-corrected chi connectivity index (χ0v) is 9.68. The Morgan fingerprint density at radius 3 is 2.39 bits per heavy atom. The molecule has 0 aromatic heterocycles. The molecule has 0 atom stereocenters. The van der Waals surface area contributed by atoms with Crippen LogP contribution in [0.25, 0.3) is 0 Å². The smallest absolute Gasteiger partial charge is 0.304 e. The van der Waals surface area contributed by atoms with E-state index < -0.39 is 23.4 Å². The van der Waals surface area contributed by atoms with Gasteiger partial charge in [0, 0.05) is 13.0 Å². The highest BCUT2D eigenvalue weighted by molar-refractivity contribution is 6.45. The van der Waals surface area contributed by atoms with Gasteiger partial charge < -0.3 is 4.90 Å². The maximum atomic E-state index is 12.5. The van der Waals surface area contributed by atoms with Gasteiger partial charge in [0.1, 0.15) is 0 Å². The molecule has 96 valence electrons. The van der Waals surface area contributed by atoms with Crippen molar-refractivity contribution in [1.82, 2.24) is 0 Å². The fraction of sp³-hybridized carbons (Fsp3) is 0.273. The highest BCUT2D eigenvalue weighted by atomic mass is 35.5. The summed E-state index contributed by atoms with van der Waals surface area (Å²) in [4.78, 5) is 23.5. The van der Waals surface area contributed by atoms with Gasteiger partial charge in [-0.05, 0) is 18.2 Å². The molecule has 1 aromatic rings. The second kappa shape index (κ2) is 4.28. The average molecular weight is 278 g/mol. The van der Waals surface area contributed by atoms with Gasteiger partial charge in [0.2, 0.25) is 5.78 Å². The molecule has 0 unspecified atom stereocenters. The molecular weight excluding hydrogens is 271 g/mol. The van der Waals surface area contributed by atoms with Crippen LogP contribution in [0.5, 0.6) is 0 Å². The van der Waals surface area contributed by atoms with Gasteiger partial charge in [-0.3, -0.25) is 9.59 Å². The van der Waals surface area contributed by atoms with Crippen LogP contribution < -0.4 is 4.90 Å². The molecule has 1 aliphatic heterocycles. The first-order valence-corrected chi connectivity index (χ1v) is 5.40. The van der Waals surface area contributed by atoms with Crippen molar-refractivity contribution in [2.45, 2.75) is 12.6 Å². The van der Waals surface area contributed by atoms with Gasteiger partial charge in [-0.15, -0.1) is 0 Å². The first-order chi connectivity index (χ1) is 8.30. The monoisotopic (exact) mass is 277 g/mol. The molecule has 1 aliphatic rings. The van der Waals surface area contributed by atoms with E-state index in [1.54, 1.807) is 0 Å².